The minimum absolute atomic E-state index is 0.230. The van der Waals surface area contributed by atoms with Crippen LogP contribution in [0.5, 0.6) is 0 Å². The molecule has 0 aromatic carbocycles. The number of nitrogens with one attached hydrogen (secondary N) is 1. The predicted octanol–water partition coefficient (Wildman–Crippen LogP) is 2.45. The summed E-state index contributed by atoms with van der Waals surface area (Å²) in [4.78, 5) is 4.44. The van der Waals surface area contributed by atoms with Crippen molar-refractivity contribution in [3.63, 3.8) is 0 Å². The molecule has 2 aromatic heterocycles. The molecule has 5 nitrogen and oxygen atoms in total. The topological polar surface area (TPSA) is 64.1 Å². The largest absolute Gasteiger partial charge is 0.469 e. The molecule has 1 unspecified atom stereocenters. The maximum Gasteiger partial charge on any atom is 0.261 e. The zero-order valence-corrected chi connectivity index (χ0v) is 9.77. The molecule has 3 heterocycles. The number of piperidine rings is 1. The van der Waals surface area contributed by atoms with E-state index in [0.29, 0.717) is 5.89 Å². The maximum absolute atomic E-state index is 5.28. The second-order valence-corrected chi connectivity index (χ2v) is 4.35. The second-order valence-electron chi connectivity index (χ2n) is 4.35. The maximum atomic E-state index is 5.28. The average Bonchev–Trinajstić information content (AvgIpc) is 2.98. The van der Waals surface area contributed by atoms with Crippen molar-refractivity contribution in [3.05, 3.63) is 23.9 Å². The molecule has 1 aliphatic heterocycles. The average molecular weight is 233 g/mol. The van der Waals surface area contributed by atoms with Crippen molar-refractivity contribution in [1.29, 1.82) is 0 Å². The van der Waals surface area contributed by atoms with Gasteiger partial charge in [0.15, 0.2) is 5.82 Å². The molecule has 3 rings (SSSR count). The van der Waals surface area contributed by atoms with Crippen LogP contribution in [0.25, 0.3) is 11.5 Å². The first kappa shape index (κ1) is 10.5. The van der Waals surface area contributed by atoms with Crippen molar-refractivity contribution >= 4 is 0 Å². The molecule has 2 aromatic rings. The number of aryl methyl sites for hydroxylation is 1. The Morgan fingerprint density at radius 1 is 1.41 bits per heavy atom. The van der Waals surface area contributed by atoms with E-state index < -0.39 is 0 Å². The van der Waals surface area contributed by atoms with Gasteiger partial charge < -0.3 is 14.3 Å². The monoisotopic (exact) mass is 233 g/mol. The molecular weight excluding hydrogens is 218 g/mol. The Kier molecular flexibility index (Phi) is 2.68. The Morgan fingerprint density at radius 2 is 2.35 bits per heavy atom. The smallest absolute Gasteiger partial charge is 0.261 e. The van der Waals surface area contributed by atoms with Crippen molar-refractivity contribution in [1.82, 2.24) is 15.5 Å². The van der Waals surface area contributed by atoms with E-state index in [1.54, 1.807) is 6.26 Å². The van der Waals surface area contributed by atoms with Crippen LogP contribution in [0.4, 0.5) is 0 Å². The van der Waals surface area contributed by atoms with E-state index in [9.17, 15) is 0 Å². The molecule has 0 aliphatic carbocycles. The first-order valence-electron chi connectivity index (χ1n) is 5.96. The quantitative estimate of drug-likeness (QED) is 0.863. The number of hydrogen-bond acceptors (Lipinski definition) is 5. The van der Waals surface area contributed by atoms with Crippen LogP contribution in [-0.4, -0.2) is 16.7 Å². The lowest BCUT2D eigenvalue weighted by Crippen LogP contribution is -2.27. The second kappa shape index (κ2) is 4.33. The third-order valence-corrected chi connectivity index (χ3v) is 3.15. The summed E-state index contributed by atoms with van der Waals surface area (Å²) in [7, 11) is 0. The summed E-state index contributed by atoms with van der Waals surface area (Å²) < 4.78 is 10.5. The lowest BCUT2D eigenvalue weighted by molar-refractivity contribution is 0.366. The van der Waals surface area contributed by atoms with Gasteiger partial charge in [-0.05, 0) is 32.4 Å². The highest BCUT2D eigenvalue weighted by molar-refractivity contribution is 5.54. The molecule has 1 N–H and O–H groups in total. The van der Waals surface area contributed by atoms with E-state index in [1.807, 2.05) is 13.0 Å². The fourth-order valence-electron chi connectivity index (χ4n) is 2.16. The lowest BCUT2D eigenvalue weighted by atomic mass is 10.0. The Morgan fingerprint density at radius 3 is 3.06 bits per heavy atom. The summed E-state index contributed by atoms with van der Waals surface area (Å²) in [6, 6.07) is 2.08. The number of rotatable bonds is 2. The fourth-order valence-corrected chi connectivity index (χ4v) is 2.16. The molecule has 1 aliphatic rings. The van der Waals surface area contributed by atoms with Gasteiger partial charge in [0.1, 0.15) is 5.76 Å². The highest BCUT2D eigenvalue weighted by atomic mass is 16.5. The van der Waals surface area contributed by atoms with Gasteiger partial charge in [-0.15, -0.1) is 0 Å². The molecule has 17 heavy (non-hydrogen) atoms. The number of furan rings is 1. The Hall–Kier alpha value is -1.62. The third-order valence-electron chi connectivity index (χ3n) is 3.15. The van der Waals surface area contributed by atoms with E-state index in [1.165, 1.54) is 12.8 Å². The molecule has 1 saturated heterocycles. The summed E-state index contributed by atoms with van der Waals surface area (Å²) in [5.41, 5.74) is 0.875. The number of hydrogen-bond donors (Lipinski definition) is 1. The third kappa shape index (κ3) is 1.98. The van der Waals surface area contributed by atoms with Gasteiger partial charge in [0.2, 0.25) is 0 Å². The van der Waals surface area contributed by atoms with E-state index in [0.717, 1.165) is 30.1 Å². The van der Waals surface area contributed by atoms with Crippen molar-refractivity contribution in [3.8, 4) is 11.5 Å². The minimum Gasteiger partial charge on any atom is -0.469 e. The van der Waals surface area contributed by atoms with E-state index >= 15 is 0 Å². The van der Waals surface area contributed by atoms with E-state index in [2.05, 4.69) is 15.5 Å². The Bertz CT molecular complexity index is 497. The molecule has 0 radical (unpaired) electrons. The van der Waals surface area contributed by atoms with Gasteiger partial charge >= 0.3 is 0 Å². The lowest BCUT2D eigenvalue weighted by Gasteiger charge is -2.19. The molecule has 0 spiro atoms. The number of aromatic nitrogens is 2. The van der Waals surface area contributed by atoms with Gasteiger partial charge in [-0.1, -0.05) is 11.6 Å². The van der Waals surface area contributed by atoms with Gasteiger partial charge in [0.25, 0.3) is 5.89 Å². The van der Waals surface area contributed by atoms with Crippen LogP contribution in [0.2, 0.25) is 0 Å². The molecule has 0 amide bonds. The van der Waals surface area contributed by atoms with Crippen LogP contribution in [0.15, 0.2) is 21.3 Å². The van der Waals surface area contributed by atoms with Crippen molar-refractivity contribution in [2.45, 2.75) is 32.2 Å². The van der Waals surface area contributed by atoms with Crippen LogP contribution < -0.4 is 5.32 Å². The summed E-state index contributed by atoms with van der Waals surface area (Å²) in [6.45, 7) is 2.91. The van der Waals surface area contributed by atoms with Gasteiger partial charge in [-0.3, -0.25) is 0 Å². The molecule has 1 fully saturated rings. The summed E-state index contributed by atoms with van der Waals surface area (Å²) in [6.07, 6.45) is 5.14. The molecule has 5 heteroatoms. The van der Waals surface area contributed by atoms with Gasteiger partial charge in [0, 0.05) is 0 Å². The highest BCUT2D eigenvalue weighted by Gasteiger charge is 2.21. The SMILES string of the molecule is Cc1occc1-c1nc(C2CCCCN2)no1. The standard InChI is InChI=1S/C12H15N3O2/c1-8-9(5-7-16-8)12-14-11(15-17-12)10-4-2-3-6-13-10/h5,7,10,13H,2-4,6H2,1H3. The first-order chi connectivity index (χ1) is 8.34. The number of nitrogens with zero attached hydrogens (tertiary/aromatic N) is 2. The molecule has 0 bridgehead atoms. The zero-order chi connectivity index (χ0) is 11.7. The normalized spacial score (nSPS) is 20.6. The molecule has 1 atom stereocenters. The Balaban J connectivity index is 1.85. The van der Waals surface area contributed by atoms with Gasteiger partial charge in [-0.25, -0.2) is 0 Å². The van der Waals surface area contributed by atoms with Crippen molar-refractivity contribution < 1.29 is 8.94 Å². The van der Waals surface area contributed by atoms with Crippen LogP contribution in [-0.2, 0) is 0 Å². The van der Waals surface area contributed by atoms with Gasteiger partial charge in [-0.2, -0.15) is 4.98 Å². The van der Waals surface area contributed by atoms with E-state index in [-0.39, 0.29) is 6.04 Å². The van der Waals surface area contributed by atoms with Gasteiger partial charge in [0.05, 0.1) is 17.9 Å². The van der Waals surface area contributed by atoms with Crippen LogP contribution in [0.1, 0.15) is 36.9 Å². The zero-order valence-electron chi connectivity index (χ0n) is 9.77. The Labute approximate surface area is 99.2 Å². The first-order valence-corrected chi connectivity index (χ1v) is 5.96. The molecular formula is C12H15N3O2. The van der Waals surface area contributed by atoms with Crippen LogP contribution in [0, 0.1) is 6.92 Å². The minimum atomic E-state index is 0.230. The summed E-state index contributed by atoms with van der Waals surface area (Å²) in [5, 5.41) is 7.45. The summed E-state index contributed by atoms with van der Waals surface area (Å²) in [5.74, 6) is 2.09. The van der Waals surface area contributed by atoms with E-state index in [4.69, 9.17) is 8.94 Å². The molecule has 0 saturated carbocycles. The van der Waals surface area contributed by atoms with Crippen molar-refractivity contribution in [2.75, 3.05) is 6.54 Å². The highest BCUT2D eigenvalue weighted by Crippen LogP contribution is 2.26. The van der Waals surface area contributed by atoms with Crippen LogP contribution >= 0.6 is 0 Å². The van der Waals surface area contributed by atoms with Crippen molar-refractivity contribution in [2.24, 2.45) is 0 Å². The summed E-state index contributed by atoms with van der Waals surface area (Å²) >= 11 is 0. The predicted molar refractivity (Wildman–Crippen MR) is 61.3 cm³/mol. The molecule has 90 valence electrons. The fraction of sp³-hybridized carbons (Fsp3) is 0.500. The van der Waals surface area contributed by atoms with Crippen LogP contribution in [0.3, 0.4) is 0 Å².